The zero-order valence-electron chi connectivity index (χ0n) is 25.0. The summed E-state index contributed by atoms with van der Waals surface area (Å²) >= 11 is 6.05. The molecule has 0 fully saturated rings. The molecule has 45 heavy (non-hydrogen) atoms. The van der Waals surface area contributed by atoms with Crippen molar-refractivity contribution >= 4 is 46.7 Å². The molecule has 0 aromatic heterocycles. The maximum Gasteiger partial charge on any atom is 0.337 e. The van der Waals surface area contributed by atoms with Crippen molar-refractivity contribution in [1.82, 2.24) is 0 Å². The van der Waals surface area contributed by atoms with Gasteiger partial charge in [-0.05, 0) is 92.4 Å². The van der Waals surface area contributed by atoms with E-state index in [1.807, 2.05) is 6.92 Å². The topological polar surface area (TPSA) is 131 Å². The first-order valence-corrected chi connectivity index (χ1v) is 14.9. The van der Waals surface area contributed by atoms with Crippen LogP contribution in [-0.4, -0.2) is 55.4 Å². The highest BCUT2D eigenvalue weighted by Crippen LogP contribution is 2.40. The van der Waals surface area contributed by atoms with Crippen LogP contribution >= 0.6 is 11.6 Å². The summed E-state index contributed by atoms with van der Waals surface area (Å²) in [7, 11) is 1.32. The second-order valence-electron chi connectivity index (χ2n) is 10.7. The van der Waals surface area contributed by atoms with Crippen LogP contribution in [0.3, 0.4) is 0 Å². The summed E-state index contributed by atoms with van der Waals surface area (Å²) in [6.45, 7) is 3.90. The van der Waals surface area contributed by atoms with Gasteiger partial charge >= 0.3 is 5.97 Å². The number of carbonyl (C=O) groups is 4. The minimum absolute atomic E-state index is 0.00972. The molecule has 3 aromatic rings. The molecule has 0 aliphatic carbocycles. The number of halogens is 1. The highest BCUT2D eigenvalue weighted by atomic mass is 35.5. The van der Waals surface area contributed by atoms with E-state index < -0.39 is 30.0 Å². The monoisotopic (exact) mass is 632 g/mol. The quantitative estimate of drug-likeness (QED) is 0.217. The Bertz CT molecular complexity index is 1670. The van der Waals surface area contributed by atoms with E-state index in [-0.39, 0.29) is 35.3 Å². The second kappa shape index (κ2) is 13.6. The second-order valence-corrected chi connectivity index (χ2v) is 11.2. The number of methoxy groups -OCH3 is 1. The maximum absolute atomic E-state index is 13.5. The molecule has 2 aliphatic heterocycles. The fourth-order valence-corrected chi connectivity index (χ4v) is 5.88. The van der Waals surface area contributed by atoms with Crippen LogP contribution in [0.4, 0.5) is 11.4 Å². The number of rotatable bonds is 10. The Morgan fingerprint density at radius 3 is 2.42 bits per heavy atom. The largest absolute Gasteiger partial charge is 0.465 e. The number of ether oxygens (including phenoxy) is 3. The average Bonchev–Trinajstić information content (AvgIpc) is 3.28. The summed E-state index contributed by atoms with van der Waals surface area (Å²) in [4.78, 5) is 52.8. The van der Waals surface area contributed by atoms with Crippen molar-refractivity contribution in [2.24, 2.45) is 5.92 Å². The van der Waals surface area contributed by atoms with Crippen LogP contribution in [0.5, 0.6) is 0 Å². The van der Waals surface area contributed by atoms with Crippen LogP contribution in [-0.2, 0) is 19.0 Å². The van der Waals surface area contributed by atoms with E-state index in [1.54, 1.807) is 61.5 Å². The number of imide groups is 1. The smallest absolute Gasteiger partial charge is 0.337 e. The number of hydrogen-bond acceptors (Lipinski definition) is 8. The predicted molar refractivity (Wildman–Crippen MR) is 167 cm³/mol. The van der Waals surface area contributed by atoms with E-state index in [2.05, 4.69) is 5.32 Å². The van der Waals surface area contributed by atoms with Gasteiger partial charge in [-0.15, -0.1) is 0 Å². The van der Waals surface area contributed by atoms with E-state index in [1.165, 1.54) is 19.2 Å². The molecule has 2 aliphatic rings. The number of aliphatic hydroxyl groups excluding tert-OH is 1. The maximum atomic E-state index is 13.5. The van der Waals surface area contributed by atoms with Crippen molar-refractivity contribution in [3.05, 3.63) is 105 Å². The number of esters is 1. The first-order chi connectivity index (χ1) is 21.7. The molecule has 0 saturated carbocycles. The zero-order valence-corrected chi connectivity index (χ0v) is 25.8. The lowest BCUT2D eigenvalue weighted by Crippen LogP contribution is -2.37. The highest BCUT2D eigenvalue weighted by Gasteiger charge is 2.39. The number of amides is 3. The number of benzene rings is 3. The number of aryl methyl sites for hydroxylation is 1. The Balaban J connectivity index is 1.40. The number of nitrogens with one attached hydrogen (secondary N) is 1. The molecule has 0 bridgehead atoms. The molecular weight excluding hydrogens is 600 g/mol. The molecule has 2 heterocycles. The predicted octanol–water partition coefficient (Wildman–Crippen LogP) is 5.62. The van der Waals surface area contributed by atoms with Crippen molar-refractivity contribution in [3.63, 3.8) is 0 Å². The molecule has 3 aromatic carbocycles. The van der Waals surface area contributed by atoms with Crippen molar-refractivity contribution in [1.29, 1.82) is 0 Å². The Labute approximate surface area is 265 Å². The van der Waals surface area contributed by atoms with E-state index >= 15 is 0 Å². The van der Waals surface area contributed by atoms with Gasteiger partial charge in [-0.2, -0.15) is 0 Å². The van der Waals surface area contributed by atoms with E-state index in [4.69, 9.17) is 25.8 Å². The average molecular weight is 633 g/mol. The van der Waals surface area contributed by atoms with Gasteiger partial charge in [-0.1, -0.05) is 23.7 Å². The van der Waals surface area contributed by atoms with Crippen LogP contribution in [0, 0.1) is 12.8 Å². The van der Waals surface area contributed by atoms with Gasteiger partial charge in [-0.3, -0.25) is 14.4 Å². The number of fused-ring (bicyclic) bond motifs is 1. The van der Waals surface area contributed by atoms with Gasteiger partial charge in [0.15, 0.2) is 5.76 Å². The van der Waals surface area contributed by atoms with Gasteiger partial charge in [-0.25, -0.2) is 9.69 Å². The van der Waals surface area contributed by atoms with Crippen molar-refractivity contribution in [2.75, 3.05) is 30.5 Å². The third-order valence-electron chi connectivity index (χ3n) is 7.90. The minimum Gasteiger partial charge on any atom is -0.465 e. The van der Waals surface area contributed by atoms with E-state index in [0.29, 0.717) is 47.0 Å². The van der Waals surface area contributed by atoms with Crippen molar-refractivity contribution in [3.8, 4) is 0 Å². The van der Waals surface area contributed by atoms with Gasteiger partial charge in [0.05, 0.1) is 29.5 Å². The number of hydrogen-bond donors (Lipinski definition) is 2. The lowest BCUT2D eigenvalue weighted by Gasteiger charge is -2.37. The SMILES string of the molecule is CCO[C@H]1OC(C(=O)Nc2ccc(N3C(=O)c4ccc(Cl)cc4C3=O)c(C)c2)=C[C@@H](c2ccc(C(=O)OC)cc2)[C@H]1CCCO. The lowest BCUT2D eigenvalue weighted by atomic mass is 9.80. The van der Waals surface area contributed by atoms with Crippen LogP contribution < -0.4 is 10.2 Å². The fraction of sp³-hybridized carbons (Fsp3) is 0.294. The highest BCUT2D eigenvalue weighted by molar-refractivity contribution is 6.37. The van der Waals surface area contributed by atoms with Gasteiger partial charge < -0.3 is 24.6 Å². The molecule has 3 atom stereocenters. The third-order valence-corrected chi connectivity index (χ3v) is 8.13. The molecule has 0 radical (unpaired) electrons. The van der Waals surface area contributed by atoms with E-state index in [0.717, 1.165) is 10.5 Å². The normalized spacial score (nSPS) is 19.1. The fourth-order valence-electron chi connectivity index (χ4n) is 5.71. The number of aliphatic hydroxyl groups is 1. The van der Waals surface area contributed by atoms with Crippen LogP contribution in [0.25, 0.3) is 0 Å². The van der Waals surface area contributed by atoms with E-state index in [9.17, 15) is 24.3 Å². The molecule has 0 spiro atoms. The Hall–Kier alpha value is -4.51. The number of allylic oxidation sites excluding steroid dienone is 1. The summed E-state index contributed by atoms with van der Waals surface area (Å²) in [5.74, 6) is -2.37. The molecule has 3 amide bonds. The number of nitrogens with zero attached hydrogens (tertiary/aromatic N) is 1. The first-order valence-electron chi connectivity index (χ1n) is 14.6. The molecule has 5 rings (SSSR count). The van der Waals surface area contributed by atoms with Crippen molar-refractivity contribution < 1.29 is 38.5 Å². The van der Waals surface area contributed by atoms with Crippen LogP contribution in [0.1, 0.15) is 67.9 Å². The molecule has 11 heteroatoms. The standard InChI is InChI=1S/C34H33ClN2O8/c1-4-44-34-25(6-5-15-38)26(20-7-9-21(10-8-20)33(42)43-3)18-29(45-34)30(39)36-23-12-14-28(19(2)16-23)37-31(40)24-13-11-22(35)17-27(24)32(37)41/h7-14,16-18,25-26,34,38H,4-6,15H2,1-3H3,(H,36,39)/t25-,26+,34+/m1/s1. The summed E-state index contributed by atoms with van der Waals surface area (Å²) in [5, 5.41) is 12.7. The van der Waals surface area contributed by atoms with Gasteiger partial charge in [0, 0.05) is 35.8 Å². The Kier molecular flexibility index (Phi) is 9.67. The van der Waals surface area contributed by atoms with Gasteiger partial charge in [0.2, 0.25) is 6.29 Å². The minimum atomic E-state index is -0.760. The molecule has 0 saturated heterocycles. The number of carbonyl (C=O) groups excluding carboxylic acids is 4. The zero-order chi connectivity index (χ0) is 32.2. The van der Waals surface area contributed by atoms with Gasteiger partial charge in [0.25, 0.3) is 17.7 Å². The first kappa shape index (κ1) is 31.9. The molecule has 2 N–H and O–H groups in total. The third kappa shape index (κ3) is 6.49. The Morgan fingerprint density at radius 1 is 1.02 bits per heavy atom. The Morgan fingerprint density at radius 2 is 1.76 bits per heavy atom. The molecule has 10 nitrogen and oxygen atoms in total. The summed E-state index contributed by atoms with van der Waals surface area (Å²) in [6, 6.07) is 16.4. The number of anilines is 2. The van der Waals surface area contributed by atoms with Crippen LogP contribution in [0.2, 0.25) is 5.02 Å². The molecular formula is C34H33ClN2O8. The molecule has 234 valence electrons. The lowest BCUT2D eigenvalue weighted by molar-refractivity contribution is -0.165. The summed E-state index contributed by atoms with van der Waals surface area (Å²) in [5.41, 5.74) is 3.16. The van der Waals surface area contributed by atoms with Crippen LogP contribution in [0.15, 0.2) is 72.5 Å². The van der Waals surface area contributed by atoms with Crippen molar-refractivity contribution in [2.45, 2.75) is 38.9 Å². The summed E-state index contributed by atoms with van der Waals surface area (Å²) < 4.78 is 16.8. The molecule has 0 unspecified atom stereocenters. The van der Waals surface area contributed by atoms with Gasteiger partial charge in [0.1, 0.15) is 0 Å². The summed E-state index contributed by atoms with van der Waals surface area (Å²) in [6.07, 6.45) is 2.05.